The van der Waals surface area contributed by atoms with Crippen molar-refractivity contribution in [3.8, 4) is 5.75 Å². The Hall–Kier alpha value is -2.08. The molecule has 1 atom stereocenters. The normalized spacial score (nSPS) is 21.6. The molecule has 20 heavy (non-hydrogen) atoms. The third kappa shape index (κ3) is 3.27. The van der Waals surface area contributed by atoms with Gasteiger partial charge in [0.1, 0.15) is 18.5 Å². The molecule has 2 amide bonds. The van der Waals surface area contributed by atoms with E-state index in [4.69, 9.17) is 9.47 Å². The molecule has 1 aromatic carbocycles. The lowest BCUT2D eigenvalue weighted by molar-refractivity contribution is -0.141. The maximum Gasteiger partial charge on any atom is 0.242 e. The van der Waals surface area contributed by atoms with Crippen LogP contribution in [-0.2, 0) is 20.9 Å². The molecular formula is C14H16N2O4. The van der Waals surface area contributed by atoms with Gasteiger partial charge in [-0.3, -0.25) is 9.59 Å². The Bertz CT molecular complexity index is 510. The summed E-state index contributed by atoms with van der Waals surface area (Å²) in [6.45, 7) is 2.00. The molecule has 2 saturated heterocycles. The van der Waals surface area contributed by atoms with Gasteiger partial charge in [0.2, 0.25) is 11.8 Å². The first-order chi connectivity index (χ1) is 9.70. The summed E-state index contributed by atoms with van der Waals surface area (Å²) in [6, 6.07) is 7.55. The van der Waals surface area contributed by atoms with Crippen LogP contribution in [-0.4, -0.2) is 49.1 Å². The Balaban J connectivity index is 1.56. The summed E-state index contributed by atoms with van der Waals surface area (Å²) < 4.78 is 10.6. The van der Waals surface area contributed by atoms with E-state index in [9.17, 15) is 9.59 Å². The van der Waals surface area contributed by atoms with E-state index >= 15 is 0 Å². The smallest absolute Gasteiger partial charge is 0.242 e. The van der Waals surface area contributed by atoms with Crippen LogP contribution in [0.4, 0.5) is 0 Å². The van der Waals surface area contributed by atoms with E-state index in [0.717, 1.165) is 17.9 Å². The second-order valence-corrected chi connectivity index (χ2v) is 4.94. The van der Waals surface area contributed by atoms with Gasteiger partial charge in [-0.05, 0) is 17.7 Å². The molecule has 0 spiro atoms. The van der Waals surface area contributed by atoms with E-state index in [1.165, 1.54) is 0 Å². The summed E-state index contributed by atoms with van der Waals surface area (Å²) in [4.78, 5) is 24.5. The first kappa shape index (κ1) is 12.9. The van der Waals surface area contributed by atoms with E-state index in [0.29, 0.717) is 13.2 Å². The molecule has 3 rings (SSSR count). The zero-order valence-corrected chi connectivity index (χ0v) is 11.0. The van der Waals surface area contributed by atoms with Crippen LogP contribution in [0.15, 0.2) is 24.3 Å². The van der Waals surface area contributed by atoms with Crippen LogP contribution in [0.2, 0.25) is 0 Å². The van der Waals surface area contributed by atoms with Gasteiger partial charge in [-0.15, -0.1) is 0 Å². The van der Waals surface area contributed by atoms with Gasteiger partial charge in [0.15, 0.2) is 0 Å². The van der Waals surface area contributed by atoms with Crippen LogP contribution in [0, 0.1) is 0 Å². The monoisotopic (exact) mass is 276 g/mol. The highest BCUT2D eigenvalue weighted by Crippen LogP contribution is 2.17. The molecular weight excluding hydrogens is 260 g/mol. The van der Waals surface area contributed by atoms with Crippen molar-refractivity contribution in [2.24, 2.45) is 0 Å². The molecule has 0 saturated carbocycles. The number of rotatable bonds is 5. The van der Waals surface area contributed by atoms with Crippen molar-refractivity contribution < 1.29 is 19.1 Å². The minimum Gasteiger partial charge on any atom is -0.491 e. The number of benzene rings is 1. The van der Waals surface area contributed by atoms with Gasteiger partial charge >= 0.3 is 0 Å². The number of hydrogen-bond acceptors (Lipinski definition) is 4. The summed E-state index contributed by atoms with van der Waals surface area (Å²) >= 11 is 0. The largest absolute Gasteiger partial charge is 0.491 e. The molecule has 1 N–H and O–H groups in total. The van der Waals surface area contributed by atoms with Crippen LogP contribution in [0.3, 0.4) is 0 Å². The fraction of sp³-hybridized carbons (Fsp3) is 0.429. The van der Waals surface area contributed by atoms with Gasteiger partial charge in [0, 0.05) is 6.54 Å². The maximum absolute atomic E-state index is 11.7. The fourth-order valence-corrected chi connectivity index (χ4v) is 2.01. The molecule has 0 bridgehead atoms. The van der Waals surface area contributed by atoms with Crippen molar-refractivity contribution in [2.45, 2.75) is 12.6 Å². The highest BCUT2D eigenvalue weighted by atomic mass is 16.6. The molecule has 6 nitrogen and oxygen atoms in total. The van der Waals surface area contributed by atoms with Gasteiger partial charge in [-0.25, -0.2) is 0 Å². The summed E-state index contributed by atoms with van der Waals surface area (Å²) in [6.07, 6.45) is 0.235. The number of piperazine rings is 1. The van der Waals surface area contributed by atoms with Crippen LogP contribution < -0.4 is 10.1 Å². The summed E-state index contributed by atoms with van der Waals surface area (Å²) in [5.74, 6) is 0.608. The molecule has 2 aliphatic heterocycles. The second-order valence-electron chi connectivity index (χ2n) is 4.94. The third-order valence-corrected chi connectivity index (χ3v) is 3.26. The van der Waals surface area contributed by atoms with Gasteiger partial charge in [-0.2, -0.15) is 0 Å². The lowest BCUT2D eigenvalue weighted by atomic mass is 10.2. The molecule has 106 valence electrons. The number of nitrogens with zero attached hydrogens (tertiary/aromatic N) is 1. The van der Waals surface area contributed by atoms with Crippen LogP contribution >= 0.6 is 0 Å². The quantitative estimate of drug-likeness (QED) is 0.764. The number of amides is 2. The summed E-state index contributed by atoms with van der Waals surface area (Å²) in [7, 11) is 0. The number of epoxide rings is 1. The van der Waals surface area contributed by atoms with Crippen molar-refractivity contribution in [1.29, 1.82) is 0 Å². The molecule has 2 fully saturated rings. The number of carbonyl (C=O) groups excluding carboxylic acids is 2. The summed E-state index contributed by atoms with van der Waals surface area (Å²) in [5, 5.41) is 2.53. The van der Waals surface area contributed by atoms with E-state index < -0.39 is 0 Å². The molecule has 2 aliphatic rings. The number of nitrogens with one attached hydrogen (secondary N) is 1. The van der Waals surface area contributed by atoms with Gasteiger partial charge in [-0.1, -0.05) is 12.1 Å². The standard InChI is InChI=1S/C14H16N2O4/c17-13-7-16(14(18)5-15-13)6-10-1-3-11(4-2-10)19-8-12-9-20-12/h1-4,12H,5-9H2,(H,15,17). The molecule has 0 aliphatic carbocycles. The zero-order valence-electron chi connectivity index (χ0n) is 11.0. The lowest BCUT2D eigenvalue weighted by Crippen LogP contribution is -2.50. The Morgan fingerprint density at radius 1 is 1.30 bits per heavy atom. The van der Waals surface area contributed by atoms with Crippen molar-refractivity contribution in [1.82, 2.24) is 10.2 Å². The maximum atomic E-state index is 11.7. The molecule has 6 heteroatoms. The average Bonchev–Trinajstić information content (AvgIpc) is 3.26. The fourth-order valence-electron chi connectivity index (χ4n) is 2.01. The topological polar surface area (TPSA) is 71.2 Å². The van der Waals surface area contributed by atoms with Crippen LogP contribution in [0.1, 0.15) is 5.56 Å². The van der Waals surface area contributed by atoms with Crippen molar-refractivity contribution >= 4 is 11.8 Å². The van der Waals surface area contributed by atoms with Crippen LogP contribution in [0.5, 0.6) is 5.75 Å². The number of hydrogen-bond donors (Lipinski definition) is 1. The first-order valence-corrected chi connectivity index (χ1v) is 6.58. The predicted octanol–water partition coefficient (Wildman–Crippen LogP) is -0.0774. The van der Waals surface area contributed by atoms with Crippen LogP contribution in [0.25, 0.3) is 0 Å². The lowest BCUT2D eigenvalue weighted by Gasteiger charge is -2.26. The number of carbonyl (C=O) groups is 2. The Morgan fingerprint density at radius 2 is 2.05 bits per heavy atom. The molecule has 0 radical (unpaired) electrons. The van der Waals surface area contributed by atoms with Gasteiger partial charge in [0.05, 0.1) is 19.7 Å². The molecule has 2 heterocycles. The van der Waals surface area contributed by atoms with E-state index in [1.54, 1.807) is 4.90 Å². The van der Waals surface area contributed by atoms with Crippen molar-refractivity contribution in [2.75, 3.05) is 26.3 Å². The molecule has 0 aromatic heterocycles. The summed E-state index contributed by atoms with van der Waals surface area (Å²) in [5.41, 5.74) is 0.975. The first-order valence-electron chi connectivity index (χ1n) is 6.58. The molecule has 1 unspecified atom stereocenters. The van der Waals surface area contributed by atoms with E-state index in [2.05, 4.69) is 5.32 Å². The number of ether oxygens (including phenoxy) is 2. The highest BCUT2D eigenvalue weighted by molar-refractivity contribution is 5.92. The molecule has 1 aromatic rings. The predicted molar refractivity (Wildman–Crippen MR) is 70.1 cm³/mol. The van der Waals surface area contributed by atoms with Gasteiger partial charge < -0.3 is 19.7 Å². The Kier molecular flexibility index (Phi) is 3.56. The van der Waals surface area contributed by atoms with Gasteiger partial charge in [0.25, 0.3) is 0 Å². The van der Waals surface area contributed by atoms with E-state index in [1.807, 2.05) is 24.3 Å². The Labute approximate surface area is 116 Å². The Morgan fingerprint density at radius 3 is 2.75 bits per heavy atom. The van der Waals surface area contributed by atoms with Crippen molar-refractivity contribution in [3.63, 3.8) is 0 Å². The highest BCUT2D eigenvalue weighted by Gasteiger charge is 2.24. The van der Waals surface area contributed by atoms with Crippen molar-refractivity contribution in [3.05, 3.63) is 29.8 Å². The zero-order chi connectivity index (χ0) is 13.9. The third-order valence-electron chi connectivity index (χ3n) is 3.26. The second kappa shape index (κ2) is 5.50. The average molecular weight is 276 g/mol. The minimum absolute atomic E-state index is 0.0594. The van der Waals surface area contributed by atoms with E-state index in [-0.39, 0.29) is 31.0 Å². The minimum atomic E-state index is -0.117. The SMILES string of the molecule is O=C1CN(Cc2ccc(OCC3CO3)cc2)C(=O)CN1.